The van der Waals surface area contributed by atoms with Crippen LogP contribution in [0, 0.1) is 0 Å². The Morgan fingerprint density at radius 3 is 2.00 bits per heavy atom. The minimum Gasteiger partial charge on any atom is -0.481 e. The second-order valence-corrected chi connectivity index (χ2v) is 3.82. The fraction of sp³-hybridized carbons (Fsp3) is 0.556. The molecule has 0 aliphatic carbocycles. The van der Waals surface area contributed by atoms with Crippen molar-refractivity contribution in [2.45, 2.75) is 30.8 Å². The Labute approximate surface area is 102 Å². The van der Waals surface area contributed by atoms with E-state index in [1.54, 1.807) is 0 Å². The van der Waals surface area contributed by atoms with Gasteiger partial charge in [0.15, 0.2) is 11.3 Å². The normalized spacial score (nSPS) is 15.4. The monoisotopic (exact) mass is 261 g/mol. The van der Waals surface area contributed by atoms with Gasteiger partial charge in [-0.15, -0.1) is 0 Å². The molecule has 0 aliphatic heterocycles. The van der Waals surface area contributed by atoms with Crippen LogP contribution in [0.15, 0.2) is 0 Å². The van der Waals surface area contributed by atoms with Crippen LogP contribution in [0.3, 0.4) is 0 Å². The number of hydrogen-bond acceptors (Lipinski definition) is 6. The van der Waals surface area contributed by atoms with Crippen molar-refractivity contribution in [3.8, 4) is 0 Å². The molecule has 0 saturated carbocycles. The van der Waals surface area contributed by atoms with E-state index in [4.69, 9.17) is 27.4 Å². The summed E-state index contributed by atoms with van der Waals surface area (Å²) in [5.74, 6) is -5.13. The van der Waals surface area contributed by atoms with E-state index in [0.29, 0.717) is 0 Å². The van der Waals surface area contributed by atoms with Gasteiger partial charge in [-0.2, -0.15) is 0 Å². The molecule has 0 spiro atoms. The predicted molar refractivity (Wildman–Crippen MR) is 58.2 cm³/mol. The highest BCUT2D eigenvalue weighted by molar-refractivity contribution is 6.12. The number of carbonyl (C=O) groups is 4. The number of carboxylic acids is 2. The van der Waals surface area contributed by atoms with Gasteiger partial charge in [-0.3, -0.25) is 14.4 Å². The summed E-state index contributed by atoms with van der Waals surface area (Å²) < 4.78 is 0. The van der Waals surface area contributed by atoms with E-state index in [1.165, 1.54) is 0 Å². The predicted octanol–water partition coefficient (Wildman–Crippen LogP) is -2.59. The van der Waals surface area contributed by atoms with E-state index in [2.05, 4.69) is 0 Å². The molecule has 102 valence electrons. The van der Waals surface area contributed by atoms with Gasteiger partial charge in [-0.05, 0) is 6.42 Å². The topological polar surface area (TPSA) is 187 Å². The molecule has 18 heavy (non-hydrogen) atoms. The van der Waals surface area contributed by atoms with Crippen molar-refractivity contribution in [1.29, 1.82) is 0 Å². The van der Waals surface area contributed by atoms with Gasteiger partial charge >= 0.3 is 11.9 Å². The van der Waals surface area contributed by atoms with Crippen LogP contribution in [-0.4, -0.2) is 45.4 Å². The number of nitrogens with two attached hydrogens (primary N) is 3. The Bertz CT molecular complexity index is 382. The molecular formula is C9H15N3O6. The lowest BCUT2D eigenvalue weighted by Gasteiger charge is -2.24. The van der Waals surface area contributed by atoms with Crippen molar-refractivity contribution in [2.24, 2.45) is 17.2 Å². The molecular weight excluding hydrogens is 246 g/mol. The Morgan fingerprint density at radius 2 is 1.67 bits per heavy atom. The third-order valence-corrected chi connectivity index (χ3v) is 2.28. The van der Waals surface area contributed by atoms with E-state index in [9.17, 15) is 19.2 Å². The second kappa shape index (κ2) is 6.07. The highest BCUT2D eigenvalue weighted by Gasteiger charge is 2.45. The van der Waals surface area contributed by atoms with E-state index >= 15 is 0 Å². The molecule has 0 fully saturated rings. The summed E-state index contributed by atoms with van der Waals surface area (Å²) in [6.45, 7) is 0. The molecule has 2 atom stereocenters. The number of carboxylic acid groups (broad SMARTS) is 2. The quantitative estimate of drug-likeness (QED) is 0.294. The van der Waals surface area contributed by atoms with Gasteiger partial charge in [0.2, 0.25) is 5.91 Å². The Morgan fingerprint density at radius 1 is 1.17 bits per heavy atom. The van der Waals surface area contributed by atoms with Crippen LogP contribution in [0.5, 0.6) is 0 Å². The van der Waals surface area contributed by atoms with Crippen molar-refractivity contribution in [2.75, 3.05) is 0 Å². The SMILES string of the molecule is NC(=O)C[C@](N)(C(=O)O)C(=O)[C@@H](N)CCC(=O)O. The molecule has 0 rings (SSSR count). The number of rotatable bonds is 8. The molecule has 0 aromatic rings. The Kier molecular flexibility index (Phi) is 5.40. The molecule has 0 heterocycles. The minimum absolute atomic E-state index is 0.279. The summed E-state index contributed by atoms with van der Waals surface area (Å²) in [6.07, 6.45) is -1.60. The number of hydrogen-bond donors (Lipinski definition) is 5. The summed E-state index contributed by atoms with van der Waals surface area (Å²) in [7, 11) is 0. The maximum Gasteiger partial charge on any atom is 0.332 e. The summed E-state index contributed by atoms with van der Waals surface area (Å²) >= 11 is 0. The average Bonchev–Trinajstić information content (AvgIpc) is 2.23. The third kappa shape index (κ3) is 4.11. The molecule has 0 saturated heterocycles. The van der Waals surface area contributed by atoms with Crippen molar-refractivity contribution in [1.82, 2.24) is 0 Å². The van der Waals surface area contributed by atoms with Crippen LogP contribution in [0.25, 0.3) is 0 Å². The summed E-state index contributed by atoms with van der Waals surface area (Å²) in [5.41, 5.74) is 13.0. The number of aliphatic carboxylic acids is 2. The fourth-order valence-electron chi connectivity index (χ4n) is 1.28. The second-order valence-electron chi connectivity index (χ2n) is 3.82. The lowest BCUT2D eigenvalue weighted by Crippen LogP contribution is -2.61. The molecule has 0 aromatic heterocycles. The van der Waals surface area contributed by atoms with Crippen molar-refractivity contribution in [3.05, 3.63) is 0 Å². The van der Waals surface area contributed by atoms with E-state index < -0.39 is 48.1 Å². The summed E-state index contributed by atoms with van der Waals surface area (Å²) in [4.78, 5) is 43.6. The largest absolute Gasteiger partial charge is 0.481 e. The molecule has 9 heteroatoms. The maximum atomic E-state index is 11.7. The van der Waals surface area contributed by atoms with E-state index in [-0.39, 0.29) is 6.42 Å². The maximum absolute atomic E-state index is 11.7. The van der Waals surface area contributed by atoms with Crippen molar-refractivity contribution in [3.63, 3.8) is 0 Å². The molecule has 1 amide bonds. The number of Topliss-reactive ketones (excluding diaryl/α,β-unsaturated/α-hetero) is 1. The first kappa shape index (κ1) is 16.0. The van der Waals surface area contributed by atoms with Gasteiger partial charge in [0.25, 0.3) is 0 Å². The zero-order valence-corrected chi connectivity index (χ0v) is 9.46. The first-order chi connectivity index (χ1) is 8.11. The molecule has 0 aliphatic rings. The number of primary amides is 1. The zero-order valence-electron chi connectivity index (χ0n) is 9.46. The highest BCUT2D eigenvalue weighted by Crippen LogP contribution is 2.13. The molecule has 0 bridgehead atoms. The van der Waals surface area contributed by atoms with Crippen molar-refractivity contribution < 1.29 is 29.4 Å². The molecule has 0 unspecified atom stereocenters. The lowest BCUT2D eigenvalue weighted by atomic mass is 9.85. The fourth-order valence-corrected chi connectivity index (χ4v) is 1.28. The first-order valence-corrected chi connectivity index (χ1v) is 4.93. The van der Waals surface area contributed by atoms with Crippen molar-refractivity contribution >= 4 is 23.6 Å². The highest BCUT2D eigenvalue weighted by atomic mass is 16.4. The van der Waals surface area contributed by atoms with E-state index in [1.807, 2.05) is 0 Å². The number of ketones is 1. The summed E-state index contributed by atoms with van der Waals surface area (Å²) in [6, 6.07) is -1.39. The average molecular weight is 261 g/mol. The number of carbonyl (C=O) groups excluding carboxylic acids is 2. The molecule has 0 radical (unpaired) electrons. The van der Waals surface area contributed by atoms with Gasteiger partial charge < -0.3 is 27.4 Å². The number of amides is 1. The first-order valence-electron chi connectivity index (χ1n) is 4.93. The van der Waals surface area contributed by atoms with E-state index in [0.717, 1.165) is 0 Å². The lowest BCUT2D eigenvalue weighted by molar-refractivity contribution is -0.151. The van der Waals surface area contributed by atoms with Crippen LogP contribution >= 0.6 is 0 Å². The Balaban J connectivity index is 4.91. The Hall–Kier alpha value is -2.00. The molecule has 0 aromatic carbocycles. The van der Waals surface area contributed by atoms with Gasteiger partial charge in [0, 0.05) is 6.42 Å². The van der Waals surface area contributed by atoms with Crippen LogP contribution < -0.4 is 17.2 Å². The molecule has 8 N–H and O–H groups in total. The minimum atomic E-state index is -2.52. The van der Waals surface area contributed by atoms with Crippen LogP contribution in [0.2, 0.25) is 0 Å². The van der Waals surface area contributed by atoms with Gasteiger partial charge in [-0.1, -0.05) is 0 Å². The zero-order chi connectivity index (χ0) is 14.5. The smallest absolute Gasteiger partial charge is 0.332 e. The van der Waals surface area contributed by atoms with Crippen LogP contribution in [-0.2, 0) is 19.2 Å². The van der Waals surface area contributed by atoms with Crippen LogP contribution in [0.4, 0.5) is 0 Å². The van der Waals surface area contributed by atoms with Gasteiger partial charge in [0.1, 0.15) is 0 Å². The third-order valence-electron chi connectivity index (χ3n) is 2.28. The van der Waals surface area contributed by atoms with Gasteiger partial charge in [-0.25, -0.2) is 4.79 Å². The summed E-state index contributed by atoms with van der Waals surface area (Å²) in [5, 5.41) is 17.3. The molecule has 9 nitrogen and oxygen atoms in total. The standard InChI is InChI=1S/C9H15N3O6/c10-4(1-2-6(14)15)7(16)9(12,8(17)18)3-5(11)13/h4H,1-3,10,12H2,(H2,11,13)(H,14,15)(H,17,18)/t4-,9+/m0/s1. The van der Waals surface area contributed by atoms with Crippen LogP contribution in [0.1, 0.15) is 19.3 Å². The van der Waals surface area contributed by atoms with Gasteiger partial charge in [0.05, 0.1) is 12.5 Å².